The lowest BCUT2D eigenvalue weighted by Gasteiger charge is -2.47. The topological polar surface area (TPSA) is 23.5 Å². The van der Waals surface area contributed by atoms with Crippen LogP contribution in [0.3, 0.4) is 0 Å². The molecule has 0 bridgehead atoms. The number of rotatable bonds is 6. The van der Waals surface area contributed by atoms with Crippen molar-refractivity contribution in [3.8, 4) is 5.75 Å². The normalized spacial score (nSPS) is 12.6. The van der Waals surface area contributed by atoms with E-state index in [-0.39, 0.29) is 10.8 Å². The van der Waals surface area contributed by atoms with E-state index in [1.54, 1.807) is 0 Å². The van der Waals surface area contributed by atoms with Gasteiger partial charge in [0.1, 0.15) is 5.75 Å². The summed E-state index contributed by atoms with van der Waals surface area (Å²) in [5, 5.41) is 11.8. The second-order valence-electron chi connectivity index (χ2n) is 11.4. The lowest BCUT2D eigenvalue weighted by Crippen LogP contribution is -2.46. The minimum atomic E-state index is -0.415. The number of anilines is 1. The van der Waals surface area contributed by atoms with Crippen LogP contribution in [0.5, 0.6) is 5.75 Å². The molecule has 0 radical (unpaired) electrons. The van der Waals surface area contributed by atoms with Gasteiger partial charge in [0.05, 0.1) is 5.54 Å². The standard InChI is InChI=1S/C31H42NOP/c1-9-32(31(8,23-16-12-10-13-17-23)24-18-14-11-15-19-24)27-22(21-34)20-25(29(2,3)4)28(33)26(27)30(5,6)7/h10-20,33H,9,21,34H2,1-8H3. The number of phenols is 1. The van der Waals surface area contributed by atoms with E-state index in [4.69, 9.17) is 0 Å². The predicted octanol–water partition coefficient (Wildman–Crippen LogP) is 8.15. The molecule has 3 heteroatoms. The molecule has 34 heavy (non-hydrogen) atoms. The third-order valence-corrected chi connectivity index (χ3v) is 7.37. The van der Waals surface area contributed by atoms with Crippen LogP contribution in [0.4, 0.5) is 5.69 Å². The third-order valence-electron chi connectivity index (χ3n) is 6.93. The monoisotopic (exact) mass is 475 g/mol. The molecule has 3 aromatic carbocycles. The van der Waals surface area contributed by atoms with Gasteiger partial charge in [-0.2, -0.15) is 0 Å². The maximum atomic E-state index is 11.8. The van der Waals surface area contributed by atoms with Crippen molar-refractivity contribution >= 4 is 14.9 Å². The zero-order valence-corrected chi connectivity index (χ0v) is 23.4. The second-order valence-corrected chi connectivity index (χ2v) is 11.8. The number of benzene rings is 3. The van der Waals surface area contributed by atoms with Crippen molar-refractivity contribution in [2.24, 2.45) is 0 Å². The van der Waals surface area contributed by atoms with Crippen molar-refractivity contribution in [3.05, 3.63) is 94.5 Å². The van der Waals surface area contributed by atoms with Crippen molar-refractivity contribution in [1.82, 2.24) is 0 Å². The molecule has 0 aromatic heterocycles. The van der Waals surface area contributed by atoms with Crippen LogP contribution in [-0.4, -0.2) is 11.7 Å². The van der Waals surface area contributed by atoms with E-state index in [2.05, 4.69) is 136 Å². The summed E-state index contributed by atoms with van der Waals surface area (Å²) in [6, 6.07) is 23.7. The summed E-state index contributed by atoms with van der Waals surface area (Å²) in [6.45, 7) is 18.5. The van der Waals surface area contributed by atoms with Gasteiger partial charge in [0.15, 0.2) is 0 Å². The Morgan fingerprint density at radius 2 is 1.24 bits per heavy atom. The summed E-state index contributed by atoms with van der Waals surface area (Å²) >= 11 is 0. The fraction of sp³-hybridized carbons (Fsp3) is 0.419. The second kappa shape index (κ2) is 9.74. The Morgan fingerprint density at radius 1 is 0.765 bits per heavy atom. The Morgan fingerprint density at radius 3 is 1.59 bits per heavy atom. The van der Waals surface area contributed by atoms with E-state index in [0.717, 1.165) is 29.5 Å². The SMILES string of the molecule is CCN(c1c(CP)cc(C(C)(C)C)c(O)c1C(C)(C)C)C(C)(c1ccccc1)c1ccccc1. The summed E-state index contributed by atoms with van der Waals surface area (Å²) in [5.74, 6) is 0.430. The van der Waals surface area contributed by atoms with Gasteiger partial charge < -0.3 is 10.0 Å². The summed E-state index contributed by atoms with van der Waals surface area (Å²) in [7, 11) is 2.93. The van der Waals surface area contributed by atoms with Crippen molar-refractivity contribution in [2.45, 2.75) is 77.9 Å². The molecule has 0 aliphatic carbocycles. The van der Waals surface area contributed by atoms with Gasteiger partial charge in [0.25, 0.3) is 0 Å². The van der Waals surface area contributed by atoms with Gasteiger partial charge in [-0.1, -0.05) is 102 Å². The Bertz CT molecular complexity index is 1070. The van der Waals surface area contributed by atoms with Crippen LogP contribution in [0.15, 0.2) is 66.7 Å². The number of hydrogen-bond donors (Lipinski definition) is 1. The highest BCUT2D eigenvalue weighted by molar-refractivity contribution is 7.15. The molecule has 3 aromatic rings. The van der Waals surface area contributed by atoms with Gasteiger partial charge >= 0.3 is 0 Å². The molecule has 0 aliphatic heterocycles. The minimum absolute atomic E-state index is 0.156. The summed E-state index contributed by atoms with van der Waals surface area (Å²) < 4.78 is 0. The summed E-state index contributed by atoms with van der Waals surface area (Å²) in [5.41, 5.74) is 6.08. The highest BCUT2D eigenvalue weighted by Crippen LogP contribution is 2.50. The van der Waals surface area contributed by atoms with Crippen LogP contribution in [-0.2, 0) is 22.5 Å². The van der Waals surface area contributed by atoms with Crippen LogP contribution in [0.2, 0.25) is 0 Å². The summed E-state index contributed by atoms with van der Waals surface area (Å²) in [4.78, 5) is 2.50. The highest BCUT2D eigenvalue weighted by Gasteiger charge is 2.40. The van der Waals surface area contributed by atoms with Crippen LogP contribution >= 0.6 is 9.24 Å². The van der Waals surface area contributed by atoms with Crippen LogP contribution < -0.4 is 4.90 Å². The molecule has 182 valence electrons. The molecule has 0 saturated carbocycles. The van der Waals surface area contributed by atoms with Gasteiger partial charge in [-0.15, -0.1) is 9.24 Å². The van der Waals surface area contributed by atoms with Crippen molar-refractivity contribution < 1.29 is 5.11 Å². The Hall–Kier alpha value is -2.31. The minimum Gasteiger partial charge on any atom is -0.507 e. The van der Waals surface area contributed by atoms with Gasteiger partial charge in [0.2, 0.25) is 0 Å². The molecule has 2 nitrogen and oxygen atoms in total. The van der Waals surface area contributed by atoms with E-state index in [1.807, 2.05) is 0 Å². The Kier molecular flexibility index (Phi) is 7.54. The van der Waals surface area contributed by atoms with Crippen LogP contribution in [0.1, 0.15) is 83.2 Å². The lowest BCUT2D eigenvalue weighted by atomic mass is 9.75. The molecule has 0 amide bonds. The third kappa shape index (κ3) is 4.76. The molecule has 0 saturated heterocycles. The Labute approximate surface area is 209 Å². The first kappa shape index (κ1) is 26.3. The van der Waals surface area contributed by atoms with E-state index in [1.165, 1.54) is 16.7 Å². The smallest absolute Gasteiger partial charge is 0.125 e. The zero-order valence-electron chi connectivity index (χ0n) is 22.2. The zero-order chi connectivity index (χ0) is 25.3. The van der Waals surface area contributed by atoms with Crippen molar-refractivity contribution in [2.75, 3.05) is 11.4 Å². The van der Waals surface area contributed by atoms with Gasteiger partial charge in [-0.3, -0.25) is 0 Å². The number of aromatic hydroxyl groups is 1. The van der Waals surface area contributed by atoms with E-state index >= 15 is 0 Å². The fourth-order valence-electron chi connectivity index (χ4n) is 5.17. The summed E-state index contributed by atoms with van der Waals surface area (Å²) in [6.07, 6.45) is 0.817. The lowest BCUT2D eigenvalue weighted by molar-refractivity contribution is 0.420. The molecular weight excluding hydrogens is 433 g/mol. The molecule has 0 aliphatic rings. The van der Waals surface area contributed by atoms with Crippen LogP contribution in [0, 0.1) is 0 Å². The van der Waals surface area contributed by atoms with E-state index < -0.39 is 5.54 Å². The fourth-order valence-corrected chi connectivity index (χ4v) is 5.48. The van der Waals surface area contributed by atoms with Crippen LogP contribution in [0.25, 0.3) is 0 Å². The first-order chi connectivity index (χ1) is 15.9. The Balaban J connectivity index is 2.47. The predicted molar refractivity (Wildman–Crippen MR) is 151 cm³/mol. The quantitative estimate of drug-likeness (QED) is 0.364. The average molecular weight is 476 g/mol. The molecular formula is C31H42NOP. The molecule has 3 rings (SSSR count). The average Bonchev–Trinajstić information content (AvgIpc) is 2.79. The molecule has 0 fully saturated rings. The number of phenolic OH excluding ortho intramolecular Hbond substituents is 1. The van der Waals surface area contributed by atoms with E-state index in [0.29, 0.717) is 5.75 Å². The van der Waals surface area contributed by atoms with Gasteiger partial charge in [0, 0.05) is 17.8 Å². The van der Waals surface area contributed by atoms with Crippen molar-refractivity contribution in [3.63, 3.8) is 0 Å². The van der Waals surface area contributed by atoms with Crippen molar-refractivity contribution in [1.29, 1.82) is 0 Å². The van der Waals surface area contributed by atoms with Gasteiger partial charge in [-0.25, -0.2) is 0 Å². The first-order valence-corrected chi connectivity index (χ1v) is 13.2. The molecule has 1 atom stereocenters. The highest BCUT2D eigenvalue weighted by atomic mass is 31.0. The largest absolute Gasteiger partial charge is 0.507 e. The number of nitrogens with zero attached hydrogens (tertiary/aromatic N) is 1. The van der Waals surface area contributed by atoms with Gasteiger partial charge in [-0.05, 0) is 59.2 Å². The molecule has 0 spiro atoms. The maximum Gasteiger partial charge on any atom is 0.125 e. The molecule has 1 unspecified atom stereocenters. The maximum absolute atomic E-state index is 11.8. The van der Waals surface area contributed by atoms with E-state index in [9.17, 15) is 5.11 Å². The first-order valence-electron chi connectivity index (χ1n) is 12.4. The molecule has 0 heterocycles. The number of hydrogen-bond acceptors (Lipinski definition) is 2. The molecule has 1 N–H and O–H groups in total.